The summed E-state index contributed by atoms with van der Waals surface area (Å²) in [6, 6.07) is 7.72. The van der Waals surface area contributed by atoms with Gasteiger partial charge in [0.1, 0.15) is 0 Å². The molecule has 1 aromatic carbocycles. The van der Waals surface area contributed by atoms with E-state index in [1.54, 1.807) is 0 Å². The second-order valence-corrected chi connectivity index (χ2v) is 7.39. The largest absolute Gasteiger partial charge is 0.381 e. The zero-order valence-electron chi connectivity index (χ0n) is 17.7. The zero-order chi connectivity index (χ0) is 20.2. The Hall–Kier alpha value is -2.08. The minimum Gasteiger partial charge on any atom is -0.381 e. The Morgan fingerprint density at radius 1 is 1.25 bits per heavy atom. The summed E-state index contributed by atoms with van der Waals surface area (Å²) in [5.74, 6) is 1.64. The van der Waals surface area contributed by atoms with Crippen molar-refractivity contribution in [3.8, 4) is 0 Å². The molecule has 28 heavy (non-hydrogen) atoms. The topological polar surface area (TPSA) is 66.0 Å². The molecule has 1 fully saturated rings. The van der Waals surface area contributed by atoms with Crippen LogP contribution < -0.4 is 10.6 Å². The first-order valence-corrected chi connectivity index (χ1v) is 10.6. The van der Waals surface area contributed by atoms with Crippen LogP contribution in [0.3, 0.4) is 0 Å². The van der Waals surface area contributed by atoms with Crippen molar-refractivity contribution in [1.29, 1.82) is 0 Å². The summed E-state index contributed by atoms with van der Waals surface area (Å²) in [5, 5.41) is 6.30. The van der Waals surface area contributed by atoms with E-state index in [4.69, 9.17) is 9.73 Å². The van der Waals surface area contributed by atoms with Crippen LogP contribution >= 0.6 is 0 Å². The van der Waals surface area contributed by atoms with Crippen molar-refractivity contribution in [2.45, 2.75) is 46.1 Å². The van der Waals surface area contributed by atoms with Crippen molar-refractivity contribution >= 4 is 11.9 Å². The Morgan fingerprint density at radius 2 is 2.04 bits per heavy atom. The van der Waals surface area contributed by atoms with Gasteiger partial charge in [0.2, 0.25) is 0 Å². The van der Waals surface area contributed by atoms with Gasteiger partial charge in [0.25, 0.3) is 5.91 Å². The number of hydrogen-bond acceptors (Lipinski definition) is 3. The molecule has 0 aromatic heterocycles. The van der Waals surface area contributed by atoms with E-state index >= 15 is 0 Å². The average Bonchev–Trinajstić information content (AvgIpc) is 2.74. The molecule has 0 spiro atoms. The maximum atomic E-state index is 12.2. The lowest BCUT2D eigenvalue weighted by Gasteiger charge is -2.26. The summed E-state index contributed by atoms with van der Waals surface area (Å²) in [6.45, 7) is 8.99. The van der Waals surface area contributed by atoms with Crippen molar-refractivity contribution in [2.75, 3.05) is 39.9 Å². The van der Waals surface area contributed by atoms with Crippen LogP contribution in [0, 0.1) is 5.92 Å². The molecular formula is C22H36N4O2. The molecule has 2 N–H and O–H groups in total. The molecule has 6 nitrogen and oxygen atoms in total. The standard InChI is InChI=1S/C22H36N4O2/c1-4-12-24-21(27)20-8-6-7-19(16-20)17-25-22(23-5-2)26(3)13-9-18-10-14-28-15-11-18/h6-8,16,18H,4-5,9-15,17H2,1-3H3,(H,23,25)(H,24,27). The van der Waals surface area contributed by atoms with Crippen LogP contribution in [0.1, 0.15) is 55.5 Å². The van der Waals surface area contributed by atoms with Crippen molar-refractivity contribution in [2.24, 2.45) is 10.9 Å². The van der Waals surface area contributed by atoms with E-state index < -0.39 is 0 Å². The number of carbonyl (C=O) groups excluding carboxylic acids is 1. The van der Waals surface area contributed by atoms with Gasteiger partial charge in [0, 0.05) is 45.5 Å². The molecule has 1 heterocycles. The highest BCUT2D eigenvalue weighted by molar-refractivity contribution is 5.94. The SMILES string of the molecule is CCCNC(=O)c1cccc(CN=C(NCC)N(C)CCC2CCOCC2)c1. The average molecular weight is 389 g/mol. The number of benzene rings is 1. The van der Waals surface area contributed by atoms with Crippen molar-refractivity contribution in [1.82, 2.24) is 15.5 Å². The molecule has 1 saturated heterocycles. The summed E-state index contributed by atoms with van der Waals surface area (Å²) in [6.07, 6.45) is 4.42. The van der Waals surface area contributed by atoms with Gasteiger partial charge < -0.3 is 20.3 Å². The Kier molecular flexibility index (Phi) is 9.83. The first-order valence-electron chi connectivity index (χ1n) is 10.6. The maximum absolute atomic E-state index is 12.2. The number of amides is 1. The van der Waals surface area contributed by atoms with Crippen LogP contribution in [0.4, 0.5) is 0 Å². The lowest BCUT2D eigenvalue weighted by molar-refractivity contribution is 0.0625. The van der Waals surface area contributed by atoms with E-state index in [0.717, 1.165) is 69.4 Å². The van der Waals surface area contributed by atoms with E-state index in [1.165, 1.54) is 0 Å². The van der Waals surface area contributed by atoms with Gasteiger partial charge in [-0.1, -0.05) is 19.1 Å². The molecule has 0 radical (unpaired) electrons. The molecular weight excluding hydrogens is 352 g/mol. The molecule has 1 aromatic rings. The Morgan fingerprint density at radius 3 is 2.75 bits per heavy atom. The van der Waals surface area contributed by atoms with Crippen molar-refractivity contribution in [3.63, 3.8) is 0 Å². The number of ether oxygens (including phenoxy) is 1. The van der Waals surface area contributed by atoms with E-state index in [-0.39, 0.29) is 5.91 Å². The summed E-state index contributed by atoms with van der Waals surface area (Å²) >= 11 is 0. The van der Waals surface area contributed by atoms with E-state index in [1.807, 2.05) is 31.2 Å². The second kappa shape index (κ2) is 12.4. The molecule has 1 aliphatic heterocycles. The molecule has 0 unspecified atom stereocenters. The number of guanidine groups is 1. The lowest BCUT2D eigenvalue weighted by Crippen LogP contribution is -2.40. The minimum atomic E-state index is -0.0202. The van der Waals surface area contributed by atoms with Crippen LogP contribution in [0.25, 0.3) is 0 Å². The minimum absolute atomic E-state index is 0.0202. The first kappa shape index (κ1) is 22.2. The Labute approximate surface area is 169 Å². The second-order valence-electron chi connectivity index (χ2n) is 7.39. The van der Waals surface area contributed by atoms with Crippen LogP contribution in [-0.4, -0.2) is 56.7 Å². The predicted molar refractivity (Wildman–Crippen MR) is 115 cm³/mol. The number of carbonyl (C=O) groups is 1. The number of rotatable bonds is 9. The summed E-state index contributed by atoms with van der Waals surface area (Å²) < 4.78 is 5.45. The molecule has 0 bridgehead atoms. The zero-order valence-corrected chi connectivity index (χ0v) is 17.7. The smallest absolute Gasteiger partial charge is 0.251 e. The number of nitrogens with one attached hydrogen (secondary N) is 2. The predicted octanol–water partition coefficient (Wildman–Crippen LogP) is 3.04. The summed E-state index contributed by atoms with van der Waals surface area (Å²) in [7, 11) is 2.09. The Bertz CT molecular complexity index is 627. The normalized spacial score (nSPS) is 15.3. The van der Waals surface area contributed by atoms with Crippen molar-refractivity contribution in [3.05, 3.63) is 35.4 Å². The van der Waals surface area contributed by atoms with Crippen LogP contribution in [0.5, 0.6) is 0 Å². The molecule has 1 aliphatic rings. The number of nitrogens with zero attached hydrogens (tertiary/aromatic N) is 2. The van der Waals surface area contributed by atoms with Gasteiger partial charge in [0.05, 0.1) is 6.54 Å². The molecule has 6 heteroatoms. The van der Waals surface area contributed by atoms with Crippen LogP contribution in [0.15, 0.2) is 29.3 Å². The molecule has 0 aliphatic carbocycles. The third-order valence-corrected chi connectivity index (χ3v) is 5.05. The highest BCUT2D eigenvalue weighted by atomic mass is 16.5. The maximum Gasteiger partial charge on any atom is 0.251 e. The third kappa shape index (κ3) is 7.50. The lowest BCUT2D eigenvalue weighted by atomic mass is 9.96. The van der Waals surface area contributed by atoms with E-state index in [0.29, 0.717) is 18.7 Å². The molecule has 156 valence electrons. The molecule has 0 atom stereocenters. The van der Waals surface area contributed by atoms with Gasteiger partial charge in [-0.25, -0.2) is 4.99 Å². The fourth-order valence-corrected chi connectivity index (χ4v) is 3.30. The monoisotopic (exact) mass is 388 g/mol. The van der Waals surface area contributed by atoms with Gasteiger partial charge in [-0.2, -0.15) is 0 Å². The molecule has 2 rings (SSSR count). The van der Waals surface area contributed by atoms with Crippen LogP contribution in [-0.2, 0) is 11.3 Å². The van der Waals surface area contributed by atoms with E-state index in [9.17, 15) is 4.79 Å². The molecule has 1 amide bonds. The summed E-state index contributed by atoms with van der Waals surface area (Å²) in [5.41, 5.74) is 1.73. The molecule has 0 saturated carbocycles. The Balaban J connectivity index is 1.94. The van der Waals surface area contributed by atoms with E-state index in [2.05, 4.69) is 29.5 Å². The highest BCUT2D eigenvalue weighted by Crippen LogP contribution is 2.18. The van der Waals surface area contributed by atoms with Gasteiger partial charge >= 0.3 is 0 Å². The van der Waals surface area contributed by atoms with Gasteiger partial charge in [-0.05, 0) is 56.2 Å². The van der Waals surface area contributed by atoms with Gasteiger partial charge in [0.15, 0.2) is 5.96 Å². The van der Waals surface area contributed by atoms with Crippen molar-refractivity contribution < 1.29 is 9.53 Å². The summed E-state index contributed by atoms with van der Waals surface area (Å²) in [4.78, 5) is 19.2. The quantitative estimate of drug-likeness (QED) is 0.504. The number of hydrogen-bond donors (Lipinski definition) is 2. The first-order chi connectivity index (χ1) is 13.6. The van der Waals surface area contributed by atoms with Gasteiger partial charge in [-0.3, -0.25) is 4.79 Å². The fourth-order valence-electron chi connectivity index (χ4n) is 3.30. The number of aliphatic imine (C=N–C) groups is 1. The highest BCUT2D eigenvalue weighted by Gasteiger charge is 2.15. The third-order valence-electron chi connectivity index (χ3n) is 5.05. The van der Waals surface area contributed by atoms with Crippen LogP contribution in [0.2, 0.25) is 0 Å². The van der Waals surface area contributed by atoms with Gasteiger partial charge in [-0.15, -0.1) is 0 Å². The fraction of sp³-hybridized carbons (Fsp3) is 0.636.